The Balaban J connectivity index is 4.09. The van der Waals surface area contributed by atoms with Crippen molar-refractivity contribution in [1.29, 1.82) is 0 Å². The largest absolute Gasteiger partial charge is 0.369 e. The summed E-state index contributed by atoms with van der Waals surface area (Å²) in [6.45, 7) is 9.12. The van der Waals surface area contributed by atoms with Crippen molar-refractivity contribution in [3.63, 3.8) is 0 Å². The van der Waals surface area contributed by atoms with Crippen LogP contribution < -0.4 is 11.1 Å². The van der Waals surface area contributed by atoms with Crippen molar-refractivity contribution >= 4 is 5.91 Å². The van der Waals surface area contributed by atoms with Crippen LogP contribution in [-0.2, 0) is 9.53 Å². The number of nitrogens with one attached hydrogen (secondary N) is 1. The van der Waals surface area contributed by atoms with Crippen molar-refractivity contribution in [3.05, 3.63) is 0 Å². The summed E-state index contributed by atoms with van der Waals surface area (Å²) in [6, 6.07) is 0. The molecular formula is C12H26N2O2. The molecule has 0 aliphatic heterocycles. The standard InChI is InChI=1S/C12H26N2O2/c1-11(2,7-6-8-13)9-14-10(15)12(3,4)16-5/h6-9,13H2,1-5H3,(H,14,15). The van der Waals surface area contributed by atoms with Gasteiger partial charge < -0.3 is 15.8 Å². The summed E-state index contributed by atoms with van der Waals surface area (Å²) in [5, 5.41) is 2.92. The molecule has 0 radical (unpaired) electrons. The lowest BCUT2D eigenvalue weighted by Gasteiger charge is -2.28. The minimum Gasteiger partial charge on any atom is -0.369 e. The molecule has 0 unspecified atom stereocenters. The van der Waals surface area contributed by atoms with Gasteiger partial charge in [0.2, 0.25) is 0 Å². The Hall–Kier alpha value is -0.610. The van der Waals surface area contributed by atoms with Gasteiger partial charge >= 0.3 is 0 Å². The van der Waals surface area contributed by atoms with Gasteiger partial charge in [0.05, 0.1) is 0 Å². The lowest BCUT2D eigenvalue weighted by atomic mass is 9.87. The maximum absolute atomic E-state index is 11.8. The Kier molecular flexibility index (Phi) is 5.97. The van der Waals surface area contributed by atoms with Crippen molar-refractivity contribution in [2.45, 2.75) is 46.1 Å². The summed E-state index contributed by atoms with van der Waals surface area (Å²) in [6.07, 6.45) is 1.99. The number of methoxy groups -OCH3 is 1. The second-order valence-electron chi connectivity index (χ2n) is 5.45. The van der Waals surface area contributed by atoms with E-state index >= 15 is 0 Å². The molecule has 0 saturated heterocycles. The van der Waals surface area contributed by atoms with Crippen LogP contribution in [0.15, 0.2) is 0 Å². The Morgan fingerprint density at radius 3 is 2.31 bits per heavy atom. The van der Waals surface area contributed by atoms with Crippen LogP contribution in [0.2, 0.25) is 0 Å². The molecule has 0 aliphatic rings. The highest BCUT2D eigenvalue weighted by molar-refractivity contribution is 5.84. The third kappa shape index (κ3) is 5.47. The Bertz CT molecular complexity index is 225. The molecule has 3 N–H and O–H groups in total. The average Bonchev–Trinajstić information content (AvgIpc) is 2.23. The number of nitrogens with two attached hydrogens (primary N) is 1. The monoisotopic (exact) mass is 230 g/mol. The van der Waals surface area contributed by atoms with E-state index in [-0.39, 0.29) is 11.3 Å². The normalized spacial score (nSPS) is 12.6. The van der Waals surface area contributed by atoms with Crippen LogP contribution >= 0.6 is 0 Å². The zero-order chi connectivity index (χ0) is 12.8. The summed E-state index contributed by atoms with van der Waals surface area (Å²) in [7, 11) is 1.54. The molecule has 0 heterocycles. The van der Waals surface area contributed by atoms with Gasteiger partial charge in [-0.15, -0.1) is 0 Å². The van der Waals surface area contributed by atoms with Crippen molar-refractivity contribution in [1.82, 2.24) is 5.32 Å². The fourth-order valence-corrected chi connectivity index (χ4v) is 1.29. The molecular weight excluding hydrogens is 204 g/mol. The Labute approximate surface area is 98.9 Å². The zero-order valence-electron chi connectivity index (χ0n) is 11.2. The first-order chi connectivity index (χ1) is 7.25. The molecule has 96 valence electrons. The summed E-state index contributed by atoms with van der Waals surface area (Å²) < 4.78 is 5.11. The molecule has 0 atom stereocenters. The highest BCUT2D eigenvalue weighted by Crippen LogP contribution is 2.21. The molecule has 1 amide bonds. The van der Waals surface area contributed by atoms with Gasteiger partial charge in [-0.05, 0) is 38.6 Å². The van der Waals surface area contributed by atoms with Gasteiger partial charge in [0.15, 0.2) is 0 Å². The van der Waals surface area contributed by atoms with Crippen LogP contribution in [0.3, 0.4) is 0 Å². The third-order valence-corrected chi connectivity index (χ3v) is 2.84. The topological polar surface area (TPSA) is 64.3 Å². The van der Waals surface area contributed by atoms with E-state index in [1.807, 2.05) is 0 Å². The summed E-state index contributed by atoms with van der Waals surface area (Å²) in [5.41, 5.74) is 4.80. The quantitative estimate of drug-likeness (QED) is 0.692. The Morgan fingerprint density at radius 1 is 1.31 bits per heavy atom. The molecule has 0 aromatic carbocycles. The number of carbonyl (C=O) groups is 1. The van der Waals surface area contributed by atoms with Crippen LogP contribution in [0.1, 0.15) is 40.5 Å². The molecule has 0 aromatic rings. The molecule has 0 saturated carbocycles. The van der Waals surface area contributed by atoms with Crippen molar-refractivity contribution < 1.29 is 9.53 Å². The van der Waals surface area contributed by atoms with Gasteiger partial charge in [0.25, 0.3) is 5.91 Å². The maximum atomic E-state index is 11.8. The van der Waals surface area contributed by atoms with Gasteiger partial charge in [0.1, 0.15) is 5.60 Å². The first kappa shape index (κ1) is 15.4. The predicted octanol–water partition coefficient (Wildman–Crippen LogP) is 1.29. The zero-order valence-corrected chi connectivity index (χ0v) is 11.2. The molecule has 4 heteroatoms. The second-order valence-corrected chi connectivity index (χ2v) is 5.45. The van der Waals surface area contributed by atoms with E-state index in [0.717, 1.165) is 12.8 Å². The number of carbonyl (C=O) groups excluding carboxylic acids is 1. The highest BCUT2D eigenvalue weighted by atomic mass is 16.5. The van der Waals surface area contributed by atoms with Crippen LogP contribution in [0, 0.1) is 5.41 Å². The molecule has 0 spiro atoms. The molecule has 0 fully saturated rings. The predicted molar refractivity (Wildman–Crippen MR) is 66.2 cm³/mol. The molecule has 0 aromatic heterocycles. The van der Waals surface area contributed by atoms with E-state index in [1.54, 1.807) is 21.0 Å². The van der Waals surface area contributed by atoms with E-state index in [9.17, 15) is 4.79 Å². The number of ether oxygens (including phenoxy) is 1. The van der Waals surface area contributed by atoms with Crippen molar-refractivity contribution in [2.75, 3.05) is 20.2 Å². The average molecular weight is 230 g/mol. The second kappa shape index (κ2) is 6.21. The highest BCUT2D eigenvalue weighted by Gasteiger charge is 2.28. The lowest BCUT2D eigenvalue weighted by Crippen LogP contribution is -2.46. The van der Waals surface area contributed by atoms with E-state index in [4.69, 9.17) is 10.5 Å². The van der Waals surface area contributed by atoms with Crippen LogP contribution in [0.25, 0.3) is 0 Å². The number of amides is 1. The minimum atomic E-state index is -0.760. The molecule has 0 rings (SSSR count). The molecule has 0 bridgehead atoms. The van der Waals surface area contributed by atoms with Gasteiger partial charge in [-0.3, -0.25) is 4.79 Å². The summed E-state index contributed by atoms with van der Waals surface area (Å²) >= 11 is 0. The fraction of sp³-hybridized carbons (Fsp3) is 0.917. The third-order valence-electron chi connectivity index (χ3n) is 2.84. The van der Waals surface area contributed by atoms with E-state index in [1.165, 1.54) is 0 Å². The molecule has 0 aliphatic carbocycles. The van der Waals surface area contributed by atoms with Crippen LogP contribution in [0.5, 0.6) is 0 Å². The lowest BCUT2D eigenvalue weighted by molar-refractivity contribution is -0.140. The van der Waals surface area contributed by atoms with E-state index in [0.29, 0.717) is 13.1 Å². The number of hydrogen-bond acceptors (Lipinski definition) is 3. The number of hydrogen-bond donors (Lipinski definition) is 2. The fourth-order valence-electron chi connectivity index (χ4n) is 1.29. The van der Waals surface area contributed by atoms with Crippen molar-refractivity contribution in [3.8, 4) is 0 Å². The van der Waals surface area contributed by atoms with Gasteiger partial charge in [-0.25, -0.2) is 0 Å². The number of rotatable bonds is 7. The van der Waals surface area contributed by atoms with E-state index < -0.39 is 5.60 Å². The summed E-state index contributed by atoms with van der Waals surface area (Å²) in [4.78, 5) is 11.8. The van der Waals surface area contributed by atoms with E-state index in [2.05, 4.69) is 19.2 Å². The summed E-state index contributed by atoms with van der Waals surface area (Å²) in [5.74, 6) is -0.0733. The molecule has 16 heavy (non-hydrogen) atoms. The first-order valence-corrected chi connectivity index (χ1v) is 5.79. The van der Waals surface area contributed by atoms with Crippen molar-refractivity contribution in [2.24, 2.45) is 11.1 Å². The SMILES string of the molecule is COC(C)(C)C(=O)NCC(C)(C)CCCN. The van der Waals surface area contributed by atoms with Gasteiger partial charge in [0, 0.05) is 13.7 Å². The Morgan fingerprint density at radius 2 is 1.88 bits per heavy atom. The van der Waals surface area contributed by atoms with Crippen LogP contribution in [-0.4, -0.2) is 31.7 Å². The van der Waals surface area contributed by atoms with Gasteiger partial charge in [-0.1, -0.05) is 13.8 Å². The van der Waals surface area contributed by atoms with Gasteiger partial charge in [-0.2, -0.15) is 0 Å². The first-order valence-electron chi connectivity index (χ1n) is 5.79. The smallest absolute Gasteiger partial charge is 0.251 e. The molecule has 4 nitrogen and oxygen atoms in total. The van der Waals surface area contributed by atoms with Crippen LogP contribution in [0.4, 0.5) is 0 Å². The minimum absolute atomic E-state index is 0.0733. The maximum Gasteiger partial charge on any atom is 0.251 e.